The van der Waals surface area contributed by atoms with E-state index in [0.717, 1.165) is 5.69 Å². The number of hydrogen-bond acceptors (Lipinski definition) is 2. The second-order valence-corrected chi connectivity index (χ2v) is 4.04. The van der Waals surface area contributed by atoms with E-state index in [9.17, 15) is 9.59 Å². The Labute approximate surface area is 105 Å². The molecular weight excluding hydrogens is 228 g/mol. The van der Waals surface area contributed by atoms with Gasteiger partial charge in [0.2, 0.25) is 0 Å². The highest BCUT2D eigenvalue weighted by molar-refractivity contribution is 6.05. The molecule has 0 saturated carbocycles. The SMILES string of the molecule is CN(C(=O)c1cccn(C)c1=O)c1ccccc1. The molecule has 2 rings (SSSR count). The summed E-state index contributed by atoms with van der Waals surface area (Å²) in [7, 11) is 3.28. The Morgan fingerprint density at radius 1 is 1.11 bits per heavy atom. The molecule has 2 aromatic rings. The first-order chi connectivity index (χ1) is 8.61. The van der Waals surface area contributed by atoms with Gasteiger partial charge in [-0.05, 0) is 24.3 Å². The molecule has 0 aliphatic carbocycles. The summed E-state index contributed by atoms with van der Waals surface area (Å²) in [4.78, 5) is 25.6. The van der Waals surface area contributed by atoms with Crippen molar-refractivity contribution in [1.82, 2.24) is 4.57 Å². The van der Waals surface area contributed by atoms with E-state index < -0.39 is 0 Å². The smallest absolute Gasteiger partial charge is 0.263 e. The van der Waals surface area contributed by atoms with Crippen molar-refractivity contribution < 1.29 is 4.79 Å². The highest BCUT2D eigenvalue weighted by Crippen LogP contribution is 2.13. The number of para-hydroxylation sites is 1. The van der Waals surface area contributed by atoms with Gasteiger partial charge < -0.3 is 9.47 Å². The fourth-order valence-corrected chi connectivity index (χ4v) is 1.71. The van der Waals surface area contributed by atoms with Gasteiger partial charge in [0.25, 0.3) is 11.5 Å². The lowest BCUT2D eigenvalue weighted by atomic mass is 10.2. The summed E-state index contributed by atoms with van der Waals surface area (Å²) in [5.74, 6) is -0.303. The predicted molar refractivity (Wildman–Crippen MR) is 70.9 cm³/mol. The molecule has 1 aromatic heterocycles. The number of aromatic nitrogens is 1. The maximum atomic E-state index is 12.2. The first-order valence-corrected chi connectivity index (χ1v) is 5.60. The van der Waals surface area contributed by atoms with Crippen molar-refractivity contribution in [3.05, 3.63) is 64.6 Å². The van der Waals surface area contributed by atoms with Crippen LogP contribution in [0.25, 0.3) is 0 Å². The lowest BCUT2D eigenvalue weighted by molar-refractivity contribution is 0.0991. The molecule has 0 N–H and O–H groups in total. The summed E-state index contributed by atoms with van der Waals surface area (Å²) in [5, 5.41) is 0. The first kappa shape index (κ1) is 12.1. The Bertz CT molecular complexity index is 617. The van der Waals surface area contributed by atoms with Gasteiger partial charge in [-0.25, -0.2) is 0 Å². The average molecular weight is 242 g/mol. The molecule has 18 heavy (non-hydrogen) atoms. The highest BCUT2D eigenvalue weighted by Gasteiger charge is 2.16. The molecule has 1 aromatic carbocycles. The van der Waals surface area contributed by atoms with Gasteiger partial charge in [0.1, 0.15) is 5.56 Å². The van der Waals surface area contributed by atoms with E-state index in [4.69, 9.17) is 0 Å². The number of amides is 1. The summed E-state index contributed by atoms with van der Waals surface area (Å²) in [6.07, 6.45) is 1.63. The molecule has 4 heteroatoms. The molecule has 0 radical (unpaired) electrons. The summed E-state index contributed by atoms with van der Waals surface area (Å²) < 4.78 is 1.39. The molecule has 4 nitrogen and oxygen atoms in total. The van der Waals surface area contributed by atoms with Crippen molar-refractivity contribution >= 4 is 11.6 Å². The molecule has 0 saturated heterocycles. The average Bonchev–Trinajstić information content (AvgIpc) is 2.41. The lowest BCUT2D eigenvalue weighted by Gasteiger charge is -2.17. The van der Waals surface area contributed by atoms with Gasteiger partial charge in [0.05, 0.1) is 0 Å². The second kappa shape index (κ2) is 4.87. The summed E-state index contributed by atoms with van der Waals surface area (Å²) in [6, 6.07) is 12.5. The Kier molecular flexibility index (Phi) is 3.28. The zero-order chi connectivity index (χ0) is 13.1. The quantitative estimate of drug-likeness (QED) is 0.803. The van der Waals surface area contributed by atoms with Crippen LogP contribution >= 0.6 is 0 Å². The normalized spacial score (nSPS) is 10.1. The Morgan fingerprint density at radius 2 is 1.78 bits per heavy atom. The van der Waals surface area contributed by atoms with Crippen molar-refractivity contribution in [3.8, 4) is 0 Å². The third-order valence-electron chi connectivity index (χ3n) is 2.80. The van der Waals surface area contributed by atoms with Crippen LogP contribution in [0.2, 0.25) is 0 Å². The fourth-order valence-electron chi connectivity index (χ4n) is 1.71. The molecule has 1 heterocycles. The summed E-state index contributed by atoms with van der Waals surface area (Å²) >= 11 is 0. The minimum absolute atomic E-state index is 0.173. The van der Waals surface area contributed by atoms with Crippen LogP contribution in [0.3, 0.4) is 0 Å². The van der Waals surface area contributed by atoms with Crippen LogP contribution in [0.1, 0.15) is 10.4 Å². The largest absolute Gasteiger partial charge is 0.318 e. The molecule has 0 fully saturated rings. The highest BCUT2D eigenvalue weighted by atomic mass is 16.2. The Hall–Kier alpha value is -2.36. The lowest BCUT2D eigenvalue weighted by Crippen LogP contribution is -2.33. The molecule has 0 aliphatic heterocycles. The van der Waals surface area contributed by atoms with E-state index in [0.29, 0.717) is 0 Å². The predicted octanol–water partition coefficient (Wildman–Crippen LogP) is 1.66. The number of nitrogens with zero attached hydrogens (tertiary/aromatic N) is 2. The van der Waals surface area contributed by atoms with Crippen molar-refractivity contribution in [2.75, 3.05) is 11.9 Å². The minimum Gasteiger partial charge on any atom is -0.318 e. The summed E-state index contributed by atoms with van der Waals surface area (Å²) in [5.41, 5.74) is 0.644. The van der Waals surface area contributed by atoms with E-state index in [1.54, 1.807) is 32.4 Å². The summed E-state index contributed by atoms with van der Waals surface area (Å²) in [6.45, 7) is 0. The third kappa shape index (κ3) is 2.18. The molecular formula is C14H14N2O2. The fraction of sp³-hybridized carbons (Fsp3) is 0.143. The Balaban J connectivity index is 2.38. The van der Waals surface area contributed by atoms with Crippen LogP contribution in [-0.4, -0.2) is 17.5 Å². The monoisotopic (exact) mass is 242 g/mol. The van der Waals surface area contributed by atoms with Crippen LogP contribution in [-0.2, 0) is 7.05 Å². The topological polar surface area (TPSA) is 42.3 Å². The van der Waals surface area contributed by atoms with Gasteiger partial charge in [-0.3, -0.25) is 9.59 Å². The number of pyridine rings is 1. The maximum Gasteiger partial charge on any atom is 0.263 e. The van der Waals surface area contributed by atoms with Crippen LogP contribution < -0.4 is 10.5 Å². The Morgan fingerprint density at radius 3 is 2.44 bits per heavy atom. The van der Waals surface area contributed by atoms with Gasteiger partial charge in [-0.1, -0.05) is 18.2 Å². The number of aryl methyl sites for hydroxylation is 1. The van der Waals surface area contributed by atoms with Gasteiger partial charge in [0.15, 0.2) is 0 Å². The van der Waals surface area contributed by atoms with Gasteiger partial charge in [-0.15, -0.1) is 0 Å². The molecule has 0 bridgehead atoms. The van der Waals surface area contributed by atoms with Crippen LogP contribution in [0.15, 0.2) is 53.5 Å². The zero-order valence-electron chi connectivity index (χ0n) is 10.3. The van der Waals surface area contributed by atoms with Crippen molar-refractivity contribution in [2.45, 2.75) is 0 Å². The van der Waals surface area contributed by atoms with Gasteiger partial charge in [-0.2, -0.15) is 0 Å². The van der Waals surface area contributed by atoms with Crippen LogP contribution in [0.5, 0.6) is 0 Å². The van der Waals surface area contributed by atoms with E-state index >= 15 is 0 Å². The van der Waals surface area contributed by atoms with E-state index in [2.05, 4.69) is 0 Å². The molecule has 92 valence electrons. The minimum atomic E-state index is -0.303. The van der Waals surface area contributed by atoms with E-state index in [1.165, 1.54) is 9.47 Å². The molecule has 1 amide bonds. The molecule has 0 unspecified atom stereocenters. The van der Waals surface area contributed by atoms with Gasteiger partial charge in [0, 0.05) is 26.0 Å². The maximum absolute atomic E-state index is 12.2. The standard InChI is InChI=1S/C14H14N2O2/c1-15-10-6-9-12(13(15)17)14(18)16(2)11-7-4-3-5-8-11/h3-10H,1-2H3. The zero-order valence-corrected chi connectivity index (χ0v) is 10.3. The second-order valence-electron chi connectivity index (χ2n) is 4.04. The van der Waals surface area contributed by atoms with Crippen molar-refractivity contribution in [1.29, 1.82) is 0 Å². The molecule has 0 spiro atoms. The number of carbonyl (C=O) groups excluding carboxylic acids is 1. The number of hydrogen-bond donors (Lipinski definition) is 0. The third-order valence-corrected chi connectivity index (χ3v) is 2.80. The number of benzene rings is 1. The van der Waals surface area contributed by atoms with Crippen molar-refractivity contribution in [3.63, 3.8) is 0 Å². The van der Waals surface area contributed by atoms with Crippen LogP contribution in [0.4, 0.5) is 5.69 Å². The first-order valence-electron chi connectivity index (χ1n) is 5.60. The molecule has 0 atom stereocenters. The van der Waals surface area contributed by atoms with E-state index in [-0.39, 0.29) is 17.0 Å². The number of rotatable bonds is 2. The van der Waals surface area contributed by atoms with Crippen LogP contribution in [0, 0.1) is 0 Å². The molecule has 0 aliphatic rings. The van der Waals surface area contributed by atoms with E-state index in [1.807, 2.05) is 30.3 Å². The van der Waals surface area contributed by atoms with Gasteiger partial charge >= 0.3 is 0 Å². The number of carbonyl (C=O) groups is 1. The number of anilines is 1. The van der Waals surface area contributed by atoms with Crippen molar-refractivity contribution in [2.24, 2.45) is 7.05 Å².